The molecule has 14 heteroatoms. The summed E-state index contributed by atoms with van der Waals surface area (Å²) >= 11 is 0. The largest absolute Gasteiger partial charge is 0.504 e. The second kappa shape index (κ2) is 12.1. The minimum atomic E-state index is -5.21. The van der Waals surface area contributed by atoms with E-state index in [0.29, 0.717) is 33.9 Å². The van der Waals surface area contributed by atoms with Crippen LogP contribution in [0.3, 0.4) is 0 Å². The zero-order chi connectivity index (χ0) is 37.5. The lowest BCUT2D eigenvalue weighted by atomic mass is 9.52. The number of anilines is 2. The van der Waals surface area contributed by atoms with Crippen LogP contribution >= 0.6 is 0 Å². The summed E-state index contributed by atoms with van der Waals surface area (Å²) in [4.78, 5) is 58.1. The average Bonchev–Trinajstić information content (AvgIpc) is 3.47. The summed E-state index contributed by atoms with van der Waals surface area (Å²) in [7, 11) is 1.37. The molecule has 1 N–H and O–H groups in total. The van der Waals surface area contributed by atoms with E-state index in [-0.39, 0.29) is 30.4 Å². The van der Waals surface area contributed by atoms with Gasteiger partial charge >= 0.3 is 12.4 Å². The number of carbonyl (C=O) groups is 4. The van der Waals surface area contributed by atoms with Crippen molar-refractivity contribution in [3.05, 3.63) is 101 Å². The van der Waals surface area contributed by atoms with Crippen LogP contribution in [0.4, 0.5) is 37.7 Å². The minimum absolute atomic E-state index is 0.0714. The highest BCUT2D eigenvalue weighted by Gasteiger charge is 2.67. The Morgan fingerprint density at radius 3 is 2.08 bits per heavy atom. The maximum absolute atomic E-state index is 14.4. The van der Waals surface area contributed by atoms with Crippen LogP contribution in [0.25, 0.3) is 6.08 Å². The molecule has 270 valence electrons. The van der Waals surface area contributed by atoms with Crippen molar-refractivity contribution in [1.29, 1.82) is 0 Å². The van der Waals surface area contributed by atoms with Crippen LogP contribution < -0.4 is 14.5 Å². The van der Waals surface area contributed by atoms with Gasteiger partial charge in [0.2, 0.25) is 23.6 Å². The van der Waals surface area contributed by atoms with Crippen molar-refractivity contribution >= 4 is 41.1 Å². The summed E-state index contributed by atoms with van der Waals surface area (Å²) in [6.45, 7) is 1.66. The van der Waals surface area contributed by atoms with Crippen LogP contribution in [0, 0.1) is 35.0 Å². The van der Waals surface area contributed by atoms with Crippen molar-refractivity contribution in [2.75, 3.05) is 16.9 Å². The predicted octanol–water partition coefficient (Wildman–Crippen LogP) is 7.42. The minimum Gasteiger partial charge on any atom is -0.504 e. The third-order valence-electron chi connectivity index (χ3n) is 10.9. The van der Waals surface area contributed by atoms with Gasteiger partial charge in [-0.1, -0.05) is 48.1 Å². The molecule has 1 saturated carbocycles. The zero-order valence-electron chi connectivity index (χ0n) is 27.5. The number of fused-ring (bicyclic) bond motifs is 4. The Balaban J connectivity index is 1.33. The van der Waals surface area contributed by atoms with E-state index in [2.05, 4.69) is 0 Å². The van der Waals surface area contributed by atoms with Crippen molar-refractivity contribution in [1.82, 2.24) is 0 Å². The monoisotopic (exact) mass is 724 g/mol. The van der Waals surface area contributed by atoms with Gasteiger partial charge in [-0.15, -0.1) is 0 Å². The smallest absolute Gasteiger partial charge is 0.416 e. The number of phenols is 1. The number of nitrogens with zero attached hydrogens (tertiary/aromatic N) is 2. The molecule has 2 saturated heterocycles. The fraction of sp³-hybridized carbons (Fsp3) is 0.316. The normalized spacial score (nSPS) is 27.5. The second-order valence-electron chi connectivity index (χ2n) is 13.6. The quantitative estimate of drug-likeness (QED) is 0.167. The van der Waals surface area contributed by atoms with Crippen LogP contribution in [0.2, 0.25) is 0 Å². The predicted molar refractivity (Wildman–Crippen MR) is 174 cm³/mol. The second-order valence-corrected chi connectivity index (χ2v) is 13.6. The molecule has 6 atom stereocenters. The van der Waals surface area contributed by atoms with Crippen LogP contribution in [0.5, 0.6) is 11.5 Å². The van der Waals surface area contributed by atoms with Gasteiger partial charge in [0.15, 0.2) is 11.5 Å². The van der Waals surface area contributed by atoms with Gasteiger partial charge in [0.05, 0.1) is 52.8 Å². The molecule has 4 aliphatic rings. The number of allylic oxidation sites excluding steroid dienone is 3. The Morgan fingerprint density at radius 2 is 1.46 bits per heavy atom. The van der Waals surface area contributed by atoms with Crippen LogP contribution in [-0.2, 0) is 31.5 Å². The number of alkyl halides is 6. The number of rotatable bonds is 5. The molecule has 2 aliphatic carbocycles. The standard InChI is InChI=1S/C38H30F6N2O6/c1-36-27(12-8-19-9-13-29(47)30(14-19)52-2)24-10-11-25-31(26(24)18-28(36)33(49)46(35(36)51)22-6-4-3-5-7-22)34(50)45(32(25)48)23-16-20(37(39,40)41)15-21(17-23)38(42,43)44/h3-10,12-17,25-28,31,47H,11,18H2,1-2H3/t25-,26+,27-,28-,31-,36-/m0/s1. The van der Waals surface area contributed by atoms with E-state index in [0.717, 1.165) is 4.90 Å². The molecule has 2 aliphatic heterocycles. The Morgan fingerprint density at radius 1 is 0.808 bits per heavy atom. The number of halogens is 6. The van der Waals surface area contributed by atoms with Crippen molar-refractivity contribution in [3.8, 4) is 11.5 Å². The van der Waals surface area contributed by atoms with Gasteiger partial charge in [-0.2, -0.15) is 26.3 Å². The lowest BCUT2D eigenvalue weighted by Crippen LogP contribution is -2.49. The molecule has 7 rings (SSSR count). The van der Waals surface area contributed by atoms with E-state index in [1.807, 2.05) is 0 Å². The van der Waals surface area contributed by atoms with Crippen molar-refractivity contribution in [2.45, 2.75) is 32.1 Å². The molecule has 0 spiro atoms. The van der Waals surface area contributed by atoms with E-state index in [9.17, 15) is 50.6 Å². The number of ether oxygens (including phenoxy) is 1. The maximum atomic E-state index is 14.4. The number of phenolic OH excluding ortho intramolecular Hbond substituents is 1. The van der Waals surface area contributed by atoms with Gasteiger partial charge in [0.1, 0.15) is 0 Å². The molecule has 3 aromatic carbocycles. The van der Waals surface area contributed by atoms with Crippen molar-refractivity contribution in [3.63, 3.8) is 0 Å². The Bertz CT molecular complexity index is 2040. The summed E-state index contributed by atoms with van der Waals surface area (Å²) in [5.41, 5.74) is -4.13. The number of carbonyl (C=O) groups excluding carboxylic acids is 4. The molecular formula is C38H30F6N2O6. The number of hydrogen-bond acceptors (Lipinski definition) is 6. The van der Waals surface area contributed by atoms with Crippen LogP contribution in [0.15, 0.2) is 84.5 Å². The van der Waals surface area contributed by atoms with Crippen LogP contribution in [0.1, 0.15) is 36.5 Å². The highest BCUT2D eigenvalue weighted by Crippen LogP contribution is 2.61. The first kappa shape index (κ1) is 35.0. The number of aromatic hydroxyl groups is 1. The van der Waals surface area contributed by atoms with Crippen molar-refractivity contribution < 1.29 is 55.4 Å². The van der Waals surface area contributed by atoms with E-state index in [1.54, 1.807) is 67.6 Å². The molecule has 3 aromatic rings. The van der Waals surface area contributed by atoms with E-state index >= 15 is 0 Å². The van der Waals surface area contributed by atoms with Gasteiger partial charge < -0.3 is 9.84 Å². The third kappa shape index (κ3) is 5.37. The number of hydrogen-bond donors (Lipinski definition) is 1. The average molecular weight is 725 g/mol. The van der Waals surface area contributed by atoms with E-state index < -0.39 is 87.8 Å². The van der Waals surface area contributed by atoms with Gasteiger partial charge in [0.25, 0.3) is 0 Å². The molecule has 3 fully saturated rings. The first-order chi connectivity index (χ1) is 24.5. The molecule has 0 aromatic heterocycles. The maximum Gasteiger partial charge on any atom is 0.416 e. The first-order valence-electron chi connectivity index (χ1n) is 16.3. The summed E-state index contributed by atoms with van der Waals surface area (Å²) in [5, 5.41) is 10.1. The summed E-state index contributed by atoms with van der Waals surface area (Å²) in [5.74, 6) is -7.95. The third-order valence-corrected chi connectivity index (χ3v) is 10.9. The number of imide groups is 2. The Hall–Kier alpha value is -5.40. The first-order valence-corrected chi connectivity index (χ1v) is 16.3. The number of benzene rings is 3. The molecular weight excluding hydrogens is 694 g/mol. The Kier molecular flexibility index (Phi) is 8.15. The van der Waals surface area contributed by atoms with Gasteiger partial charge in [0, 0.05) is 5.92 Å². The number of para-hydroxylation sites is 1. The van der Waals surface area contributed by atoms with Crippen LogP contribution in [-0.4, -0.2) is 35.8 Å². The molecule has 52 heavy (non-hydrogen) atoms. The molecule has 0 unspecified atom stereocenters. The highest BCUT2D eigenvalue weighted by atomic mass is 19.4. The fourth-order valence-corrected chi connectivity index (χ4v) is 8.37. The molecule has 0 bridgehead atoms. The summed E-state index contributed by atoms with van der Waals surface area (Å²) in [6, 6.07) is 13.4. The number of methoxy groups -OCH3 is 1. The topological polar surface area (TPSA) is 104 Å². The SMILES string of the molecule is COc1cc(C=C[C@H]2C3=CC[C@@H]4C(=O)N(c5cc(C(F)(F)F)cc(C(F)(F)F)c5)C(=O)[C@@H]4[C@@H]3C[C@H]3C(=O)N(c4ccccc4)C(=O)[C@@]23C)ccc1O. The van der Waals surface area contributed by atoms with E-state index in [4.69, 9.17) is 4.74 Å². The van der Waals surface area contributed by atoms with Gasteiger partial charge in [-0.3, -0.25) is 19.2 Å². The summed E-state index contributed by atoms with van der Waals surface area (Å²) < 4.78 is 87.8. The van der Waals surface area contributed by atoms with Gasteiger partial charge in [-0.05, 0) is 73.7 Å². The Labute approximate surface area is 293 Å². The molecule has 0 radical (unpaired) electrons. The lowest BCUT2D eigenvalue weighted by molar-refractivity contribution is -0.143. The van der Waals surface area contributed by atoms with Crippen molar-refractivity contribution in [2.24, 2.45) is 35.0 Å². The number of amides is 4. The fourth-order valence-electron chi connectivity index (χ4n) is 8.37. The zero-order valence-corrected chi connectivity index (χ0v) is 27.5. The van der Waals surface area contributed by atoms with Gasteiger partial charge in [-0.25, -0.2) is 9.80 Å². The van der Waals surface area contributed by atoms with E-state index in [1.165, 1.54) is 13.2 Å². The highest BCUT2D eigenvalue weighted by molar-refractivity contribution is 6.25. The molecule has 8 nitrogen and oxygen atoms in total. The summed E-state index contributed by atoms with van der Waals surface area (Å²) in [6.07, 6.45) is -5.50. The lowest BCUT2D eigenvalue weighted by Gasteiger charge is -2.47. The molecule has 2 heterocycles. The molecule has 4 amide bonds.